The zero-order chi connectivity index (χ0) is 19.2. The van der Waals surface area contributed by atoms with Crippen LogP contribution in [0, 0.1) is 0 Å². The van der Waals surface area contributed by atoms with Crippen molar-refractivity contribution in [1.82, 2.24) is 30.3 Å². The summed E-state index contributed by atoms with van der Waals surface area (Å²) >= 11 is 0. The molecule has 3 heterocycles. The maximum absolute atomic E-state index is 5.59. The Morgan fingerprint density at radius 3 is 2.59 bits per heavy atom. The van der Waals surface area contributed by atoms with Crippen LogP contribution in [0.15, 0.2) is 4.99 Å². The second-order valence-corrected chi connectivity index (χ2v) is 8.30. The van der Waals surface area contributed by atoms with Crippen LogP contribution in [-0.2, 0) is 24.2 Å². The summed E-state index contributed by atoms with van der Waals surface area (Å²) in [5, 5.41) is 15.8. The summed E-state index contributed by atoms with van der Waals surface area (Å²) in [4.78, 5) is 7.11. The first kappa shape index (κ1) is 22.7. The molecule has 0 atom stereocenters. The van der Waals surface area contributed by atoms with Gasteiger partial charge in [-0.15, -0.1) is 34.2 Å². The molecular weight excluding hydrogens is 481 g/mol. The van der Waals surface area contributed by atoms with E-state index in [0.29, 0.717) is 6.54 Å². The van der Waals surface area contributed by atoms with Crippen LogP contribution in [0.1, 0.15) is 56.6 Å². The largest absolute Gasteiger partial charge is 0.379 e. The monoisotopic (exact) mass is 517 g/mol. The number of morpholine rings is 1. The summed E-state index contributed by atoms with van der Waals surface area (Å²) in [5.41, 5.74) is 0.230. The molecule has 0 aromatic carbocycles. The van der Waals surface area contributed by atoms with Gasteiger partial charge in [0.1, 0.15) is 5.82 Å². The van der Waals surface area contributed by atoms with Crippen molar-refractivity contribution in [3.8, 4) is 0 Å². The Labute approximate surface area is 191 Å². The number of ether oxygens (including phenoxy) is 1. The Balaban J connectivity index is 0.00000240. The molecule has 1 saturated heterocycles. The number of aryl methyl sites for hydroxylation is 1. The fourth-order valence-electron chi connectivity index (χ4n) is 4.98. The summed E-state index contributed by atoms with van der Waals surface area (Å²) in [5.74, 6) is 2.99. The minimum absolute atomic E-state index is 0. The van der Waals surface area contributed by atoms with Gasteiger partial charge in [0.15, 0.2) is 11.8 Å². The van der Waals surface area contributed by atoms with Crippen LogP contribution in [0.4, 0.5) is 0 Å². The first-order valence-corrected chi connectivity index (χ1v) is 11.0. The maximum atomic E-state index is 5.59. The average Bonchev–Trinajstić information content (AvgIpc) is 3.18. The van der Waals surface area contributed by atoms with Crippen molar-refractivity contribution in [1.29, 1.82) is 0 Å². The number of nitrogens with one attached hydrogen (secondary N) is 2. The molecule has 1 saturated carbocycles. The molecule has 0 radical (unpaired) electrons. The predicted octanol–water partition coefficient (Wildman–Crippen LogP) is 1.93. The highest BCUT2D eigenvalue weighted by molar-refractivity contribution is 14.0. The molecule has 0 bridgehead atoms. The summed E-state index contributed by atoms with van der Waals surface area (Å²) in [6.07, 6.45) is 9.99. The maximum Gasteiger partial charge on any atom is 0.191 e. The Bertz CT molecular complexity index is 666. The van der Waals surface area contributed by atoms with Gasteiger partial charge in [-0.1, -0.05) is 19.3 Å². The number of rotatable bonds is 5. The van der Waals surface area contributed by atoms with Crippen LogP contribution in [0.5, 0.6) is 0 Å². The topological polar surface area (TPSA) is 79.6 Å². The van der Waals surface area contributed by atoms with Crippen LogP contribution in [-0.4, -0.2) is 71.1 Å². The normalized spacial score (nSPS) is 22.4. The highest BCUT2D eigenvalue weighted by atomic mass is 127. The Hall–Kier alpha value is -0.940. The number of fused-ring (bicyclic) bond motifs is 1. The molecular formula is C20H36IN7O. The lowest BCUT2D eigenvalue weighted by molar-refractivity contribution is -0.0352. The van der Waals surface area contributed by atoms with Crippen molar-refractivity contribution in [3.05, 3.63) is 11.6 Å². The first-order valence-electron chi connectivity index (χ1n) is 11.0. The minimum atomic E-state index is 0. The van der Waals surface area contributed by atoms with E-state index in [1.807, 2.05) is 7.05 Å². The number of nitrogens with zero attached hydrogens (tertiary/aromatic N) is 5. The molecule has 4 rings (SSSR count). The first-order chi connectivity index (χ1) is 13.8. The molecule has 29 heavy (non-hydrogen) atoms. The van der Waals surface area contributed by atoms with Crippen molar-refractivity contribution < 1.29 is 4.74 Å². The number of halogens is 1. The molecule has 0 spiro atoms. The molecule has 1 aliphatic carbocycles. The zero-order valence-electron chi connectivity index (χ0n) is 17.7. The number of hydrogen-bond acceptors (Lipinski definition) is 5. The van der Waals surface area contributed by atoms with E-state index in [1.165, 1.54) is 44.9 Å². The zero-order valence-corrected chi connectivity index (χ0v) is 20.0. The summed E-state index contributed by atoms with van der Waals surface area (Å²) in [6, 6.07) is 0. The lowest BCUT2D eigenvalue weighted by Crippen LogP contribution is -2.60. The molecule has 9 heteroatoms. The minimum Gasteiger partial charge on any atom is -0.379 e. The van der Waals surface area contributed by atoms with E-state index in [2.05, 4.69) is 35.3 Å². The third-order valence-corrected chi connectivity index (χ3v) is 6.62. The number of aliphatic imine (C=N–C) groups is 1. The van der Waals surface area contributed by atoms with Gasteiger partial charge in [-0.2, -0.15) is 0 Å². The van der Waals surface area contributed by atoms with E-state index >= 15 is 0 Å². The van der Waals surface area contributed by atoms with Gasteiger partial charge in [0.2, 0.25) is 0 Å². The van der Waals surface area contributed by atoms with Gasteiger partial charge >= 0.3 is 0 Å². The highest BCUT2D eigenvalue weighted by Crippen LogP contribution is 2.33. The molecule has 0 amide bonds. The average molecular weight is 517 g/mol. The molecule has 2 aliphatic heterocycles. The molecule has 8 nitrogen and oxygen atoms in total. The van der Waals surface area contributed by atoms with Crippen molar-refractivity contribution in [2.75, 3.05) is 39.9 Å². The van der Waals surface area contributed by atoms with E-state index in [0.717, 1.165) is 63.4 Å². The van der Waals surface area contributed by atoms with Gasteiger partial charge in [-0.25, -0.2) is 0 Å². The van der Waals surface area contributed by atoms with Crippen LogP contribution in [0.2, 0.25) is 0 Å². The van der Waals surface area contributed by atoms with E-state index in [4.69, 9.17) is 4.74 Å². The fraction of sp³-hybridized carbons (Fsp3) is 0.850. The van der Waals surface area contributed by atoms with Gasteiger partial charge in [0.25, 0.3) is 0 Å². The van der Waals surface area contributed by atoms with E-state index in [1.54, 1.807) is 0 Å². The number of aromatic nitrogens is 3. The van der Waals surface area contributed by atoms with Crippen molar-refractivity contribution in [2.45, 2.75) is 70.0 Å². The number of guanidine groups is 1. The predicted molar refractivity (Wildman–Crippen MR) is 125 cm³/mol. The van der Waals surface area contributed by atoms with Crippen molar-refractivity contribution >= 4 is 29.9 Å². The van der Waals surface area contributed by atoms with Gasteiger partial charge in [-0.05, 0) is 25.7 Å². The summed E-state index contributed by atoms with van der Waals surface area (Å²) in [7, 11) is 1.84. The van der Waals surface area contributed by atoms with Gasteiger partial charge in [0, 0.05) is 45.2 Å². The van der Waals surface area contributed by atoms with Crippen LogP contribution >= 0.6 is 24.0 Å². The summed E-state index contributed by atoms with van der Waals surface area (Å²) < 4.78 is 7.86. The van der Waals surface area contributed by atoms with E-state index in [9.17, 15) is 0 Å². The molecule has 1 aromatic rings. The van der Waals surface area contributed by atoms with Crippen molar-refractivity contribution in [3.63, 3.8) is 0 Å². The van der Waals surface area contributed by atoms with Gasteiger partial charge in [-0.3, -0.25) is 9.89 Å². The molecule has 3 aliphatic rings. The van der Waals surface area contributed by atoms with Crippen LogP contribution < -0.4 is 10.6 Å². The second kappa shape index (κ2) is 10.9. The highest BCUT2D eigenvalue weighted by Gasteiger charge is 2.38. The molecule has 2 N–H and O–H groups in total. The Morgan fingerprint density at radius 1 is 1.03 bits per heavy atom. The molecule has 0 unspecified atom stereocenters. The number of hydrogen-bond donors (Lipinski definition) is 2. The lowest BCUT2D eigenvalue weighted by Gasteiger charge is -2.48. The Kier molecular flexibility index (Phi) is 8.55. The Morgan fingerprint density at radius 2 is 1.83 bits per heavy atom. The lowest BCUT2D eigenvalue weighted by atomic mass is 9.80. The van der Waals surface area contributed by atoms with E-state index in [-0.39, 0.29) is 29.5 Å². The van der Waals surface area contributed by atoms with Crippen LogP contribution in [0.25, 0.3) is 0 Å². The molecule has 2 fully saturated rings. The smallest absolute Gasteiger partial charge is 0.191 e. The quantitative estimate of drug-likeness (QED) is 0.353. The fourth-order valence-corrected chi connectivity index (χ4v) is 4.98. The van der Waals surface area contributed by atoms with Crippen LogP contribution in [0.3, 0.4) is 0 Å². The molecule has 1 aromatic heterocycles. The third-order valence-electron chi connectivity index (χ3n) is 6.62. The van der Waals surface area contributed by atoms with Crippen molar-refractivity contribution in [2.24, 2.45) is 4.99 Å². The van der Waals surface area contributed by atoms with E-state index < -0.39 is 0 Å². The van der Waals surface area contributed by atoms with Gasteiger partial charge in [0.05, 0.1) is 19.8 Å². The summed E-state index contributed by atoms with van der Waals surface area (Å²) in [6.45, 7) is 6.42. The third kappa shape index (κ3) is 5.41. The SMILES string of the molecule is CN=C(NCc1nnc2n1CCCC2)NCC1(N2CCOCC2)CCCCC1.I. The van der Waals surface area contributed by atoms with Gasteiger partial charge < -0.3 is 19.9 Å². The second-order valence-electron chi connectivity index (χ2n) is 8.30. The standard InChI is InChI=1S/C20H35N7O.HI/c1-21-19(22-15-18-25-24-17-7-3-6-10-27(17)18)23-16-20(8-4-2-5-9-20)26-11-13-28-14-12-26;/h2-16H2,1H3,(H2,21,22,23);1H. The molecule has 164 valence electrons.